The first kappa shape index (κ1) is 16.0. The van der Waals surface area contributed by atoms with Gasteiger partial charge in [0.2, 0.25) is 0 Å². The van der Waals surface area contributed by atoms with Crippen molar-refractivity contribution in [2.75, 3.05) is 26.1 Å². The first-order chi connectivity index (χ1) is 10.7. The Labute approximate surface area is 129 Å². The number of rotatable bonds is 7. The summed E-state index contributed by atoms with van der Waals surface area (Å²) in [5.41, 5.74) is 7.18. The van der Waals surface area contributed by atoms with Gasteiger partial charge in [-0.1, -0.05) is 6.92 Å². The number of nitrogens with two attached hydrogens (primary N) is 1. The summed E-state index contributed by atoms with van der Waals surface area (Å²) in [5.74, 6) is 0.811. The second-order valence-electron chi connectivity index (χ2n) is 4.88. The molecule has 1 aromatic heterocycles. The van der Waals surface area contributed by atoms with Gasteiger partial charge in [-0.05, 0) is 36.8 Å². The maximum Gasteiger partial charge on any atom is 0.289 e. The van der Waals surface area contributed by atoms with E-state index in [2.05, 4.69) is 12.0 Å². The Kier molecular flexibility index (Phi) is 5.55. The standard InChI is InChI=1S/C16H21N3O3/c1-3-9-22-13-6-4-12(5-7-13)15-11-14(17)16(20)19(18-15)8-10-21-2/h4-7,11H,3,8-10,17H2,1-2H3. The average Bonchev–Trinajstić information content (AvgIpc) is 2.54. The van der Waals surface area contributed by atoms with Gasteiger partial charge in [0.25, 0.3) is 5.56 Å². The van der Waals surface area contributed by atoms with E-state index in [1.54, 1.807) is 13.2 Å². The average molecular weight is 303 g/mol. The Morgan fingerprint density at radius 1 is 1.23 bits per heavy atom. The number of ether oxygens (including phenoxy) is 2. The quantitative estimate of drug-likeness (QED) is 0.845. The molecule has 2 aromatic rings. The lowest BCUT2D eigenvalue weighted by Crippen LogP contribution is -2.27. The molecule has 1 heterocycles. The van der Waals surface area contributed by atoms with Crippen LogP contribution in [-0.2, 0) is 11.3 Å². The second-order valence-corrected chi connectivity index (χ2v) is 4.88. The molecule has 0 fully saturated rings. The van der Waals surface area contributed by atoms with Crippen LogP contribution in [0.4, 0.5) is 5.69 Å². The fourth-order valence-electron chi connectivity index (χ4n) is 1.97. The molecule has 22 heavy (non-hydrogen) atoms. The van der Waals surface area contributed by atoms with E-state index in [4.69, 9.17) is 15.2 Å². The van der Waals surface area contributed by atoms with Gasteiger partial charge in [0.15, 0.2) is 0 Å². The highest BCUT2D eigenvalue weighted by Crippen LogP contribution is 2.21. The molecule has 0 atom stereocenters. The maximum atomic E-state index is 11.9. The van der Waals surface area contributed by atoms with Gasteiger partial charge in [-0.25, -0.2) is 4.68 Å². The SMILES string of the molecule is CCCOc1ccc(-c2cc(N)c(=O)n(CCOC)n2)cc1. The molecule has 1 aromatic carbocycles. The van der Waals surface area contributed by atoms with Crippen molar-refractivity contribution in [2.24, 2.45) is 0 Å². The summed E-state index contributed by atoms with van der Waals surface area (Å²) in [6, 6.07) is 9.16. The van der Waals surface area contributed by atoms with Crippen molar-refractivity contribution in [3.05, 3.63) is 40.7 Å². The van der Waals surface area contributed by atoms with E-state index in [1.165, 1.54) is 4.68 Å². The molecule has 0 bridgehead atoms. The number of anilines is 1. The molecule has 0 aliphatic heterocycles. The minimum Gasteiger partial charge on any atom is -0.494 e. The molecule has 6 heteroatoms. The van der Waals surface area contributed by atoms with Crippen LogP contribution in [0.25, 0.3) is 11.3 Å². The smallest absolute Gasteiger partial charge is 0.289 e. The van der Waals surface area contributed by atoms with Gasteiger partial charge < -0.3 is 15.2 Å². The van der Waals surface area contributed by atoms with Gasteiger partial charge in [0, 0.05) is 12.7 Å². The number of benzene rings is 1. The van der Waals surface area contributed by atoms with E-state index >= 15 is 0 Å². The van der Waals surface area contributed by atoms with Crippen LogP contribution in [0.5, 0.6) is 5.75 Å². The number of nitrogen functional groups attached to an aromatic ring is 1. The van der Waals surface area contributed by atoms with Crippen LogP contribution in [0.15, 0.2) is 35.1 Å². The molecule has 2 rings (SSSR count). The molecular formula is C16H21N3O3. The van der Waals surface area contributed by atoms with Crippen LogP contribution in [0.1, 0.15) is 13.3 Å². The Balaban J connectivity index is 2.27. The van der Waals surface area contributed by atoms with Gasteiger partial charge in [0.05, 0.1) is 25.5 Å². The predicted octanol–water partition coefficient (Wildman–Crippen LogP) is 1.93. The van der Waals surface area contributed by atoms with Crippen molar-refractivity contribution in [3.63, 3.8) is 0 Å². The van der Waals surface area contributed by atoms with Crippen molar-refractivity contribution < 1.29 is 9.47 Å². The van der Waals surface area contributed by atoms with Crippen molar-refractivity contribution in [3.8, 4) is 17.0 Å². The predicted molar refractivity (Wildman–Crippen MR) is 86.0 cm³/mol. The number of hydrogen-bond donors (Lipinski definition) is 1. The number of hydrogen-bond acceptors (Lipinski definition) is 5. The molecule has 0 amide bonds. The molecule has 0 saturated heterocycles. The molecule has 2 N–H and O–H groups in total. The molecule has 0 spiro atoms. The minimum absolute atomic E-state index is 0.174. The molecule has 0 aliphatic rings. The zero-order valence-electron chi connectivity index (χ0n) is 12.9. The first-order valence-electron chi connectivity index (χ1n) is 7.25. The van der Waals surface area contributed by atoms with Gasteiger partial charge in [0.1, 0.15) is 11.4 Å². The Morgan fingerprint density at radius 2 is 1.95 bits per heavy atom. The van der Waals surface area contributed by atoms with Crippen LogP contribution in [-0.4, -0.2) is 30.1 Å². The van der Waals surface area contributed by atoms with E-state index in [0.717, 1.165) is 17.7 Å². The lowest BCUT2D eigenvalue weighted by Gasteiger charge is -2.09. The van der Waals surface area contributed by atoms with E-state index in [1.807, 2.05) is 24.3 Å². The molecule has 6 nitrogen and oxygen atoms in total. The highest BCUT2D eigenvalue weighted by molar-refractivity contribution is 5.62. The van der Waals surface area contributed by atoms with Gasteiger partial charge >= 0.3 is 0 Å². The maximum absolute atomic E-state index is 11.9. The Bertz CT molecular complexity index is 665. The van der Waals surface area contributed by atoms with Gasteiger partial charge in [-0.3, -0.25) is 4.79 Å². The second kappa shape index (κ2) is 7.61. The summed E-state index contributed by atoms with van der Waals surface area (Å²) in [4.78, 5) is 11.9. The van der Waals surface area contributed by atoms with E-state index < -0.39 is 0 Å². The van der Waals surface area contributed by atoms with Gasteiger partial charge in [-0.15, -0.1) is 0 Å². The lowest BCUT2D eigenvalue weighted by atomic mass is 10.1. The Hall–Kier alpha value is -2.34. The highest BCUT2D eigenvalue weighted by atomic mass is 16.5. The highest BCUT2D eigenvalue weighted by Gasteiger charge is 2.08. The summed E-state index contributed by atoms with van der Waals surface area (Å²) in [7, 11) is 1.58. The van der Waals surface area contributed by atoms with Crippen molar-refractivity contribution >= 4 is 5.69 Å². The minimum atomic E-state index is -0.302. The number of nitrogens with zero attached hydrogens (tertiary/aromatic N) is 2. The molecule has 0 radical (unpaired) electrons. The summed E-state index contributed by atoms with van der Waals surface area (Å²) in [6.45, 7) is 3.52. The van der Waals surface area contributed by atoms with Crippen LogP contribution < -0.4 is 16.0 Å². The normalized spacial score (nSPS) is 10.6. The van der Waals surface area contributed by atoms with Gasteiger partial charge in [-0.2, -0.15) is 5.10 Å². The molecule has 0 unspecified atom stereocenters. The molecule has 0 aliphatic carbocycles. The van der Waals surface area contributed by atoms with Crippen molar-refractivity contribution in [2.45, 2.75) is 19.9 Å². The van der Waals surface area contributed by atoms with E-state index in [0.29, 0.717) is 25.5 Å². The summed E-state index contributed by atoms with van der Waals surface area (Å²) >= 11 is 0. The third-order valence-electron chi connectivity index (χ3n) is 3.13. The largest absolute Gasteiger partial charge is 0.494 e. The zero-order valence-corrected chi connectivity index (χ0v) is 12.9. The lowest BCUT2D eigenvalue weighted by molar-refractivity contribution is 0.182. The summed E-state index contributed by atoms with van der Waals surface area (Å²) in [6.07, 6.45) is 0.963. The van der Waals surface area contributed by atoms with Crippen LogP contribution >= 0.6 is 0 Å². The number of methoxy groups -OCH3 is 1. The fraction of sp³-hybridized carbons (Fsp3) is 0.375. The van der Waals surface area contributed by atoms with E-state index in [-0.39, 0.29) is 11.2 Å². The van der Waals surface area contributed by atoms with Crippen LogP contribution in [0.3, 0.4) is 0 Å². The van der Waals surface area contributed by atoms with E-state index in [9.17, 15) is 4.79 Å². The van der Waals surface area contributed by atoms with Crippen molar-refractivity contribution in [1.82, 2.24) is 9.78 Å². The topological polar surface area (TPSA) is 79.4 Å². The summed E-state index contributed by atoms with van der Waals surface area (Å²) in [5, 5.41) is 4.34. The molecule has 118 valence electrons. The monoisotopic (exact) mass is 303 g/mol. The van der Waals surface area contributed by atoms with Crippen LogP contribution in [0.2, 0.25) is 0 Å². The fourth-order valence-corrected chi connectivity index (χ4v) is 1.97. The van der Waals surface area contributed by atoms with Crippen molar-refractivity contribution in [1.29, 1.82) is 0 Å². The third kappa shape index (κ3) is 3.85. The third-order valence-corrected chi connectivity index (χ3v) is 3.13. The molecule has 0 saturated carbocycles. The first-order valence-corrected chi connectivity index (χ1v) is 7.25. The Morgan fingerprint density at radius 3 is 2.59 bits per heavy atom. The summed E-state index contributed by atoms with van der Waals surface area (Å²) < 4.78 is 11.9. The molecular weight excluding hydrogens is 282 g/mol. The number of aromatic nitrogens is 2. The zero-order chi connectivity index (χ0) is 15.9. The van der Waals surface area contributed by atoms with Crippen LogP contribution in [0, 0.1) is 0 Å².